The van der Waals surface area contributed by atoms with E-state index in [1.807, 2.05) is 11.7 Å². The summed E-state index contributed by atoms with van der Waals surface area (Å²) in [6.07, 6.45) is 7.06. The van der Waals surface area contributed by atoms with E-state index >= 15 is 0 Å². The summed E-state index contributed by atoms with van der Waals surface area (Å²) in [5.74, 6) is 0.813. The van der Waals surface area contributed by atoms with Crippen LogP contribution in [0.15, 0.2) is 11.7 Å². The molecule has 0 saturated carbocycles. The Morgan fingerprint density at radius 2 is 2.19 bits per heavy atom. The minimum absolute atomic E-state index is 0.520. The van der Waals surface area contributed by atoms with Gasteiger partial charge in [0.1, 0.15) is 0 Å². The van der Waals surface area contributed by atoms with E-state index in [-0.39, 0.29) is 0 Å². The molecule has 0 fully saturated rings. The van der Waals surface area contributed by atoms with Gasteiger partial charge < -0.3 is 5.32 Å². The molecular weight excluding hydrogens is 216 g/mol. The Morgan fingerprint density at radius 3 is 2.75 bits per heavy atom. The smallest absolute Gasteiger partial charge is 0.0794 e. The van der Waals surface area contributed by atoms with Gasteiger partial charge in [0.25, 0.3) is 0 Å². The molecule has 2 nitrogen and oxygen atoms in total. The Balaban J connectivity index is 2.38. The van der Waals surface area contributed by atoms with Gasteiger partial charge in [0.15, 0.2) is 0 Å². The van der Waals surface area contributed by atoms with Gasteiger partial charge in [-0.15, -0.1) is 11.3 Å². The predicted molar refractivity (Wildman–Crippen MR) is 71.8 cm³/mol. The molecule has 0 bridgehead atoms. The number of thiazole rings is 1. The summed E-state index contributed by atoms with van der Waals surface area (Å²) in [7, 11) is 0. The number of hydrogen-bond acceptors (Lipinski definition) is 3. The van der Waals surface area contributed by atoms with Crippen LogP contribution in [0.4, 0.5) is 0 Å². The summed E-state index contributed by atoms with van der Waals surface area (Å²) >= 11 is 1.77. The van der Waals surface area contributed by atoms with Crippen molar-refractivity contribution in [3.63, 3.8) is 0 Å². The van der Waals surface area contributed by atoms with Gasteiger partial charge in [-0.2, -0.15) is 0 Å². The topological polar surface area (TPSA) is 24.9 Å². The minimum Gasteiger partial charge on any atom is -0.309 e. The van der Waals surface area contributed by atoms with E-state index in [4.69, 9.17) is 0 Å². The number of aromatic nitrogens is 1. The van der Waals surface area contributed by atoms with Crippen molar-refractivity contribution in [2.45, 2.75) is 52.5 Å². The second-order valence-electron chi connectivity index (χ2n) is 4.74. The molecule has 0 radical (unpaired) electrons. The summed E-state index contributed by atoms with van der Waals surface area (Å²) < 4.78 is 0. The van der Waals surface area contributed by atoms with E-state index in [0.29, 0.717) is 6.04 Å². The van der Waals surface area contributed by atoms with E-state index in [1.165, 1.54) is 30.6 Å². The van der Waals surface area contributed by atoms with Crippen LogP contribution in [-0.2, 0) is 0 Å². The number of hydrogen-bond donors (Lipinski definition) is 1. The first-order valence-electron chi connectivity index (χ1n) is 6.35. The van der Waals surface area contributed by atoms with Crippen molar-refractivity contribution in [3.05, 3.63) is 16.6 Å². The van der Waals surface area contributed by atoms with Crippen molar-refractivity contribution < 1.29 is 0 Å². The molecule has 3 heteroatoms. The lowest BCUT2D eigenvalue weighted by molar-refractivity contribution is 0.451. The zero-order chi connectivity index (χ0) is 11.8. The van der Waals surface area contributed by atoms with Crippen LogP contribution in [0.2, 0.25) is 0 Å². The third-order valence-electron chi connectivity index (χ3n) is 2.71. The normalized spacial score (nSPS) is 13.2. The average molecular weight is 240 g/mol. The van der Waals surface area contributed by atoms with E-state index in [9.17, 15) is 0 Å². The molecule has 0 spiro atoms. The van der Waals surface area contributed by atoms with Crippen LogP contribution in [-0.4, -0.2) is 11.5 Å². The maximum Gasteiger partial charge on any atom is 0.0794 e. The van der Waals surface area contributed by atoms with Crippen molar-refractivity contribution in [2.24, 2.45) is 5.92 Å². The first-order chi connectivity index (χ1) is 7.74. The molecule has 1 N–H and O–H groups in total. The molecule has 1 aromatic heterocycles. The van der Waals surface area contributed by atoms with E-state index in [1.54, 1.807) is 11.3 Å². The molecule has 0 aliphatic rings. The maximum absolute atomic E-state index is 4.17. The Kier molecular flexibility index (Phi) is 6.65. The SMILES string of the molecule is CCCNC(CCCC(C)C)c1cncs1. The standard InChI is InChI=1S/C13H24N2S/c1-4-8-15-12(7-5-6-11(2)3)13-9-14-10-16-13/h9-12,15H,4-8H2,1-3H3. The highest BCUT2D eigenvalue weighted by molar-refractivity contribution is 7.09. The molecule has 1 aromatic rings. The van der Waals surface area contributed by atoms with E-state index in [0.717, 1.165) is 12.5 Å². The van der Waals surface area contributed by atoms with Crippen molar-refractivity contribution in [3.8, 4) is 0 Å². The lowest BCUT2D eigenvalue weighted by atomic mass is 10.0. The molecule has 0 amide bonds. The third kappa shape index (κ3) is 5.08. The van der Waals surface area contributed by atoms with Crippen LogP contribution in [0.1, 0.15) is 57.4 Å². The van der Waals surface area contributed by atoms with Crippen LogP contribution in [0.3, 0.4) is 0 Å². The van der Waals surface area contributed by atoms with Crippen LogP contribution < -0.4 is 5.32 Å². The monoisotopic (exact) mass is 240 g/mol. The summed E-state index contributed by atoms with van der Waals surface area (Å²) in [5, 5.41) is 3.62. The van der Waals surface area contributed by atoms with Gasteiger partial charge >= 0.3 is 0 Å². The van der Waals surface area contributed by atoms with E-state index < -0.39 is 0 Å². The fourth-order valence-corrected chi connectivity index (χ4v) is 2.52. The highest BCUT2D eigenvalue weighted by Gasteiger charge is 2.11. The lowest BCUT2D eigenvalue weighted by Crippen LogP contribution is -2.21. The molecule has 0 aliphatic heterocycles. The highest BCUT2D eigenvalue weighted by Crippen LogP contribution is 2.23. The molecule has 1 unspecified atom stereocenters. The first-order valence-corrected chi connectivity index (χ1v) is 7.23. The van der Waals surface area contributed by atoms with Crippen LogP contribution in [0.5, 0.6) is 0 Å². The van der Waals surface area contributed by atoms with Crippen molar-refractivity contribution in [1.82, 2.24) is 10.3 Å². The van der Waals surface area contributed by atoms with Crippen molar-refractivity contribution in [1.29, 1.82) is 0 Å². The number of nitrogens with zero attached hydrogens (tertiary/aromatic N) is 1. The van der Waals surface area contributed by atoms with Crippen molar-refractivity contribution in [2.75, 3.05) is 6.54 Å². The lowest BCUT2D eigenvalue weighted by Gasteiger charge is -2.17. The minimum atomic E-state index is 0.520. The quantitative estimate of drug-likeness (QED) is 0.742. The Morgan fingerprint density at radius 1 is 1.38 bits per heavy atom. The Hall–Kier alpha value is -0.410. The fraction of sp³-hybridized carbons (Fsp3) is 0.769. The average Bonchev–Trinajstić information content (AvgIpc) is 2.75. The van der Waals surface area contributed by atoms with Crippen LogP contribution in [0.25, 0.3) is 0 Å². The molecule has 92 valence electrons. The van der Waals surface area contributed by atoms with Crippen LogP contribution in [0, 0.1) is 5.92 Å². The maximum atomic E-state index is 4.17. The summed E-state index contributed by atoms with van der Waals surface area (Å²) in [4.78, 5) is 5.56. The second-order valence-corrected chi connectivity index (χ2v) is 5.65. The molecule has 0 aromatic carbocycles. The predicted octanol–water partition coefficient (Wildman–Crippen LogP) is 4.01. The molecule has 1 atom stereocenters. The molecule has 1 rings (SSSR count). The van der Waals surface area contributed by atoms with Gasteiger partial charge in [0.05, 0.1) is 5.51 Å². The van der Waals surface area contributed by atoms with Gasteiger partial charge in [-0.05, 0) is 25.3 Å². The molecule has 0 saturated heterocycles. The number of nitrogens with one attached hydrogen (secondary N) is 1. The van der Waals surface area contributed by atoms with Gasteiger partial charge in [0.2, 0.25) is 0 Å². The highest BCUT2D eigenvalue weighted by atomic mass is 32.1. The first kappa shape index (κ1) is 13.7. The van der Waals surface area contributed by atoms with Gasteiger partial charge in [-0.1, -0.05) is 33.6 Å². The van der Waals surface area contributed by atoms with Gasteiger partial charge in [-0.3, -0.25) is 4.98 Å². The largest absolute Gasteiger partial charge is 0.309 e. The summed E-state index contributed by atoms with van der Waals surface area (Å²) in [6.45, 7) is 7.90. The van der Waals surface area contributed by atoms with Gasteiger partial charge in [0, 0.05) is 17.1 Å². The number of rotatable bonds is 8. The summed E-state index contributed by atoms with van der Waals surface area (Å²) in [5.41, 5.74) is 1.93. The summed E-state index contributed by atoms with van der Waals surface area (Å²) in [6, 6.07) is 0.520. The molecule has 1 heterocycles. The second kappa shape index (κ2) is 7.80. The molecular formula is C13H24N2S. The Bertz CT molecular complexity index is 257. The van der Waals surface area contributed by atoms with E-state index in [2.05, 4.69) is 31.1 Å². The van der Waals surface area contributed by atoms with Crippen LogP contribution >= 0.6 is 11.3 Å². The zero-order valence-corrected chi connectivity index (χ0v) is 11.5. The molecule has 16 heavy (non-hydrogen) atoms. The third-order valence-corrected chi connectivity index (χ3v) is 3.60. The zero-order valence-electron chi connectivity index (χ0n) is 10.7. The fourth-order valence-electron chi connectivity index (χ4n) is 1.79. The Labute approximate surface area is 103 Å². The molecule has 0 aliphatic carbocycles. The van der Waals surface area contributed by atoms with Gasteiger partial charge in [-0.25, -0.2) is 0 Å². The van der Waals surface area contributed by atoms with Crippen molar-refractivity contribution >= 4 is 11.3 Å².